The molecule has 2 amide bonds. The Balaban J connectivity index is 1.20. The van der Waals surface area contributed by atoms with Crippen LogP contribution >= 0.6 is 0 Å². The lowest BCUT2D eigenvalue weighted by atomic mass is 9.97. The van der Waals surface area contributed by atoms with Gasteiger partial charge in [-0.3, -0.25) is 9.59 Å². The number of methoxy groups -OCH3 is 1. The van der Waals surface area contributed by atoms with Crippen molar-refractivity contribution in [3.05, 3.63) is 47.5 Å². The Hall–Kier alpha value is -3.85. The van der Waals surface area contributed by atoms with E-state index in [0.29, 0.717) is 29.1 Å². The van der Waals surface area contributed by atoms with Crippen molar-refractivity contribution in [2.45, 2.75) is 63.6 Å². The number of ether oxygens (including phenoxy) is 1. The summed E-state index contributed by atoms with van der Waals surface area (Å²) in [6.07, 6.45) is 5.58. The molecule has 4 atom stereocenters. The number of piperidine rings is 1. The zero-order valence-electron chi connectivity index (χ0n) is 25.3. The minimum atomic E-state index is 0.0145. The van der Waals surface area contributed by atoms with Crippen LogP contribution in [0.15, 0.2) is 36.4 Å². The minimum absolute atomic E-state index is 0.0145. The maximum Gasteiger partial charge on any atom is 0.254 e. The van der Waals surface area contributed by atoms with Crippen LogP contribution < -0.4 is 10.5 Å². The predicted octanol–water partition coefficient (Wildman–Crippen LogP) is 4.51. The van der Waals surface area contributed by atoms with Crippen LogP contribution in [0.4, 0.5) is 0 Å². The van der Waals surface area contributed by atoms with E-state index >= 15 is 0 Å². The second kappa shape index (κ2) is 9.84. The molecule has 2 aromatic carbocycles. The van der Waals surface area contributed by atoms with Crippen LogP contribution in [0, 0.1) is 11.8 Å². The number of likely N-dealkylation sites (tertiary alicyclic amines) is 2. The highest BCUT2D eigenvalue weighted by Crippen LogP contribution is 2.41. The van der Waals surface area contributed by atoms with Gasteiger partial charge in [0.2, 0.25) is 5.91 Å². The van der Waals surface area contributed by atoms with Gasteiger partial charge in [0.25, 0.3) is 5.91 Å². The normalized spacial score (nSPS) is 25.0. The van der Waals surface area contributed by atoms with Crippen molar-refractivity contribution in [1.29, 1.82) is 0 Å². The van der Waals surface area contributed by atoms with Crippen molar-refractivity contribution >= 4 is 33.8 Å². The van der Waals surface area contributed by atoms with Crippen molar-refractivity contribution in [1.82, 2.24) is 23.9 Å². The number of nitrogens with zero attached hydrogens (tertiary/aromatic N) is 5. The van der Waals surface area contributed by atoms with Gasteiger partial charge in [0, 0.05) is 74.6 Å². The Morgan fingerprint density at radius 3 is 2.56 bits per heavy atom. The highest BCUT2D eigenvalue weighted by Gasteiger charge is 2.47. The predicted molar refractivity (Wildman–Crippen MR) is 166 cm³/mol. The molecule has 4 aliphatic rings. The van der Waals surface area contributed by atoms with Gasteiger partial charge in [-0.25, -0.2) is 4.98 Å². The van der Waals surface area contributed by atoms with Gasteiger partial charge < -0.3 is 29.4 Å². The van der Waals surface area contributed by atoms with Crippen molar-refractivity contribution in [2.75, 3.05) is 26.7 Å². The first-order chi connectivity index (χ1) is 20.8. The molecule has 0 radical (unpaired) electrons. The first-order valence-corrected chi connectivity index (χ1v) is 15.8. The van der Waals surface area contributed by atoms with E-state index in [4.69, 9.17) is 15.5 Å². The number of aromatic nitrogens is 3. The van der Waals surface area contributed by atoms with Gasteiger partial charge in [0.15, 0.2) is 5.82 Å². The molecule has 2 aliphatic carbocycles. The molecule has 8 rings (SSSR count). The van der Waals surface area contributed by atoms with E-state index in [2.05, 4.69) is 33.4 Å². The molecule has 9 nitrogen and oxygen atoms in total. The molecule has 4 aromatic rings. The van der Waals surface area contributed by atoms with Crippen LogP contribution in [-0.4, -0.2) is 74.6 Å². The Bertz CT molecular complexity index is 1780. The zero-order valence-corrected chi connectivity index (χ0v) is 25.3. The number of aryl methyl sites for hydroxylation is 1. The Morgan fingerprint density at radius 1 is 1.05 bits per heavy atom. The largest absolute Gasteiger partial charge is 0.494 e. The molecule has 4 heterocycles. The Labute approximate surface area is 251 Å². The summed E-state index contributed by atoms with van der Waals surface area (Å²) in [5, 5.41) is 1.19. The van der Waals surface area contributed by atoms with Crippen LogP contribution in [-0.2, 0) is 18.4 Å². The molecule has 1 unspecified atom stereocenters. The lowest BCUT2D eigenvalue weighted by Gasteiger charge is -2.27. The smallest absolute Gasteiger partial charge is 0.254 e. The molecule has 2 aliphatic heterocycles. The highest BCUT2D eigenvalue weighted by atomic mass is 16.5. The SMILES string of the molecule is COc1cc(C(=O)N2C[C@H]3CC[C@@H]2[C@@H]3N)cc2nc(-c3cc4ccc(C5CCN(C(C)=O)C5)cc4n3CC3CC3)n(C)c12. The van der Waals surface area contributed by atoms with Gasteiger partial charge in [-0.1, -0.05) is 12.1 Å². The van der Waals surface area contributed by atoms with E-state index < -0.39 is 0 Å². The Kier molecular flexibility index (Phi) is 6.12. The number of fused-ring (bicyclic) bond motifs is 4. The first-order valence-electron chi connectivity index (χ1n) is 15.8. The molecule has 2 bridgehead atoms. The van der Waals surface area contributed by atoms with Gasteiger partial charge in [0.05, 0.1) is 18.3 Å². The van der Waals surface area contributed by atoms with Crippen LogP contribution in [0.5, 0.6) is 5.75 Å². The maximum absolute atomic E-state index is 13.7. The third-order valence-electron chi connectivity index (χ3n) is 10.7. The molecule has 0 spiro atoms. The number of benzene rings is 2. The number of hydrogen-bond donors (Lipinski definition) is 1. The standard InChI is InChI=1S/C34H40N6O3/c1-19(41)38-11-10-23(17-38)21-6-7-22-14-29(39(28(22)13-21)16-20-4-5-20)33-36-26-12-25(15-30(43-3)32(26)37(33)2)34(42)40-18-24-8-9-27(40)31(24)35/h6-7,12-15,20,23-24,27,31H,4-5,8-11,16-18,35H2,1-3H3/t23?,24-,27-,31-/m1/s1. The maximum atomic E-state index is 13.7. The lowest BCUT2D eigenvalue weighted by molar-refractivity contribution is -0.127. The molecule has 2 aromatic heterocycles. The lowest BCUT2D eigenvalue weighted by Crippen LogP contribution is -2.41. The summed E-state index contributed by atoms with van der Waals surface area (Å²) in [6.45, 7) is 4.95. The summed E-state index contributed by atoms with van der Waals surface area (Å²) in [5.74, 6) is 3.12. The number of carbonyl (C=O) groups excluding carboxylic acids is 2. The number of nitrogens with two attached hydrogens (primary N) is 1. The van der Waals surface area contributed by atoms with E-state index in [1.807, 2.05) is 29.0 Å². The second-order valence-electron chi connectivity index (χ2n) is 13.3. The number of carbonyl (C=O) groups is 2. The molecule has 2 saturated carbocycles. The zero-order chi connectivity index (χ0) is 29.6. The number of hydrogen-bond acceptors (Lipinski definition) is 5. The van der Waals surface area contributed by atoms with E-state index in [1.54, 1.807) is 14.0 Å². The average molecular weight is 581 g/mol. The molecule has 4 fully saturated rings. The second-order valence-corrected chi connectivity index (χ2v) is 13.3. The molecule has 9 heteroatoms. The van der Waals surface area contributed by atoms with E-state index in [-0.39, 0.29) is 23.9 Å². The summed E-state index contributed by atoms with van der Waals surface area (Å²) in [7, 11) is 3.69. The number of imidazole rings is 1. The quantitative estimate of drug-likeness (QED) is 0.362. The summed E-state index contributed by atoms with van der Waals surface area (Å²) >= 11 is 0. The van der Waals surface area contributed by atoms with Gasteiger partial charge in [-0.05, 0) is 73.8 Å². The summed E-state index contributed by atoms with van der Waals surface area (Å²) in [6, 6.07) is 13.0. The summed E-state index contributed by atoms with van der Waals surface area (Å²) in [5.41, 5.74) is 12.3. The van der Waals surface area contributed by atoms with E-state index in [1.165, 1.54) is 29.3 Å². The van der Waals surface area contributed by atoms with Gasteiger partial charge >= 0.3 is 0 Å². The number of amides is 2. The van der Waals surface area contributed by atoms with Crippen LogP contribution in [0.25, 0.3) is 33.5 Å². The third-order valence-corrected chi connectivity index (χ3v) is 10.7. The highest BCUT2D eigenvalue weighted by molar-refractivity contribution is 6.00. The molecule has 224 valence electrons. The Morgan fingerprint density at radius 2 is 1.88 bits per heavy atom. The van der Waals surface area contributed by atoms with E-state index in [9.17, 15) is 9.59 Å². The molecular weight excluding hydrogens is 540 g/mol. The van der Waals surface area contributed by atoms with Crippen molar-refractivity contribution < 1.29 is 14.3 Å². The fraction of sp³-hybridized carbons (Fsp3) is 0.500. The number of rotatable bonds is 6. The topological polar surface area (TPSA) is 98.6 Å². The monoisotopic (exact) mass is 580 g/mol. The van der Waals surface area contributed by atoms with E-state index in [0.717, 1.165) is 68.0 Å². The van der Waals surface area contributed by atoms with Crippen LogP contribution in [0.3, 0.4) is 0 Å². The fourth-order valence-corrected chi connectivity index (χ4v) is 8.05. The third kappa shape index (κ3) is 4.26. The van der Waals surface area contributed by atoms with Crippen molar-refractivity contribution in [3.63, 3.8) is 0 Å². The van der Waals surface area contributed by atoms with Gasteiger partial charge in [0.1, 0.15) is 11.3 Å². The minimum Gasteiger partial charge on any atom is -0.494 e. The summed E-state index contributed by atoms with van der Waals surface area (Å²) in [4.78, 5) is 34.8. The average Bonchev–Trinajstić information content (AvgIpc) is 3.34. The van der Waals surface area contributed by atoms with Crippen LogP contribution in [0.1, 0.15) is 60.9 Å². The van der Waals surface area contributed by atoms with Crippen LogP contribution in [0.2, 0.25) is 0 Å². The van der Waals surface area contributed by atoms with Crippen molar-refractivity contribution in [3.8, 4) is 17.3 Å². The summed E-state index contributed by atoms with van der Waals surface area (Å²) < 4.78 is 10.4. The molecular formula is C34H40N6O3. The molecule has 43 heavy (non-hydrogen) atoms. The first kappa shape index (κ1) is 26.8. The molecule has 2 N–H and O–H groups in total. The fourth-order valence-electron chi connectivity index (χ4n) is 8.05. The van der Waals surface area contributed by atoms with Gasteiger partial charge in [-0.15, -0.1) is 0 Å². The van der Waals surface area contributed by atoms with Crippen molar-refractivity contribution in [2.24, 2.45) is 24.6 Å². The van der Waals surface area contributed by atoms with Gasteiger partial charge in [-0.2, -0.15) is 0 Å². The molecule has 2 saturated heterocycles.